The van der Waals surface area contributed by atoms with Gasteiger partial charge in [0, 0.05) is 40.7 Å². The van der Waals surface area contributed by atoms with Gasteiger partial charge < -0.3 is 9.64 Å². The molecule has 1 amide bonds. The molecule has 0 spiro atoms. The van der Waals surface area contributed by atoms with Gasteiger partial charge in [0.25, 0.3) is 0 Å². The maximum atomic E-state index is 12.1. The summed E-state index contributed by atoms with van der Waals surface area (Å²) in [5.74, 6) is 1.50. The summed E-state index contributed by atoms with van der Waals surface area (Å²) in [4.78, 5) is 18.7. The number of thiazole rings is 1. The molecular weight excluding hydrogens is 308 g/mol. The molecule has 1 aliphatic heterocycles. The topological polar surface area (TPSA) is 59.5 Å². The van der Waals surface area contributed by atoms with E-state index in [1.165, 1.54) is 11.3 Å². The lowest BCUT2D eigenvalue weighted by Gasteiger charge is -2.24. The molecule has 2 atom stereocenters. The van der Waals surface area contributed by atoms with Gasteiger partial charge in [0.1, 0.15) is 5.60 Å². The predicted octanol–water partition coefficient (Wildman–Crippen LogP) is 2.65. The largest absolute Gasteiger partial charge is 0.444 e. The molecule has 7 heteroatoms. The molecule has 0 saturated carbocycles. The van der Waals surface area contributed by atoms with Crippen LogP contribution in [-0.4, -0.2) is 44.6 Å². The Balaban J connectivity index is 1.77. The van der Waals surface area contributed by atoms with Crippen LogP contribution in [0.3, 0.4) is 0 Å². The molecule has 0 bridgehead atoms. The maximum Gasteiger partial charge on any atom is 0.410 e. The third-order valence-corrected chi connectivity index (χ3v) is 5.58. The SMILES string of the molecule is CC(C)(C)OC(=O)N1CCC(CS(=O)Cc2cncs2)C1. The molecular formula is C14H22N2O3S2. The summed E-state index contributed by atoms with van der Waals surface area (Å²) in [6.07, 6.45) is 2.40. The van der Waals surface area contributed by atoms with Crippen LogP contribution in [0.5, 0.6) is 0 Å². The third kappa shape index (κ3) is 5.39. The molecule has 21 heavy (non-hydrogen) atoms. The molecule has 1 fully saturated rings. The molecule has 0 N–H and O–H groups in total. The Kier molecular flexibility index (Phi) is 5.37. The fourth-order valence-corrected chi connectivity index (χ4v) is 4.61. The lowest BCUT2D eigenvalue weighted by atomic mass is 10.2. The number of aromatic nitrogens is 1. The first kappa shape index (κ1) is 16.4. The van der Waals surface area contributed by atoms with E-state index in [1.54, 1.807) is 16.6 Å². The first-order valence-corrected chi connectivity index (χ1v) is 9.40. The summed E-state index contributed by atoms with van der Waals surface area (Å²) in [5.41, 5.74) is 1.29. The number of amides is 1. The van der Waals surface area contributed by atoms with Crippen LogP contribution < -0.4 is 0 Å². The summed E-state index contributed by atoms with van der Waals surface area (Å²) in [7, 11) is -0.895. The summed E-state index contributed by atoms with van der Waals surface area (Å²) in [5, 5.41) is 0. The number of likely N-dealkylation sites (tertiary alicyclic amines) is 1. The van der Waals surface area contributed by atoms with Crippen LogP contribution in [-0.2, 0) is 21.3 Å². The fourth-order valence-electron chi connectivity index (χ4n) is 2.25. The molecule has 0 radical (unpaired) electrons. The van der Waals surface area contributed by atoms with E-state index >= 15 is 0 Å². The van der Waals surface area contributed by atoms with Crippen molar-refractivity contribution in [2.45, 2.75) is 38.5 Å². The Bertz CT molecular complexity index is 497. The van der Waals surface area contributed by atoms with Gasteiger partial charge in [0.05, 0.1) is 11.3 Å². The number of rotatable bonds is 4. The zero-order valence-corrected chi connectivity index (χ0v) is 14.3. The first-order chi connectivity index (χ1) is 9.83. The van der Waals surface area contributed by atoms with E-state index in [-0.39, 0.29) is 6.09 Å². The van der Waals surface area contributed by atoms with E-state index in [9.17, 15) is 9.00 Å². The molecule has 2 heterocycles. The van der Waals surface area contributed by atoms with Gasteiger partial charge in [-0.3, -0.25) is 9.19 Å². The van der Waals surface area contributed by atoms with Crippen molar-refractivity contribution in [3.05, 3.63) is 16.6 Å². The van der Waals surface area contributed by atoms with E-state index in [0.29, 0.717) is 30.5 Å². The van der Waals surface area contributed by atoms with Crippen LogP contribution in [0.2, 0.25) is 0 Å². The molecule has 0 aromatic carbocycles. The molecule has 1 aromatic heterocycles. The number of carbonyl (C=O) groups excluding carboxylic acids is 1. The molecule has 2 unspecified atom stereocenters. The highest BCUT2D eigenvalue weighted by atomic mass is 32.2. The molecule has 2 rings (SSSR count). The molecule has 1 aromatic rings. The van der Waals surface area contributed by atoms with Gasteiger partial charge in [-0.15, -0.1) is 11.3 Å². The number of hydrogen-bond donors (Lipinski definition) is 0. The van der Waals surface area contributed by atoms with Crippen molar-refractivity contribution in [2.24, 2.45) is 5.92 Å². The highest BCUT2D eigenvalue weighted by Crippen LogP contribution is 2.21. The maximum absolute atomic E-state index is 12.1. The highest BCUT2D eigenvalue weighted by molar-refractivity contribution is 7.84. The normalized spacial score (nSPS) is 20.5. The average molecular weight is 330 g/mol. The monoisotopic (exact) mass is 330 g/mol. The van der Waals surface area contributed by atoms with Crippen LogP contribution >= 0.6 is 11.3 Å². The van der Waals surface area contributed by atoms with E-state index in [2.05, 4.69) is 4.98 Å². The van der Waals surface area contributed by atoms with E-state index in [0.717, 1.165) is 11.3 Å². The van der Waals surface area contributed by atoms with Gasteiger partial charge in [-0.1, -0.05) is 0 Å². The van der Waals surface area contributed by atoms with Gasteiger partial charge in [-0.05, 0) is 33.1 Å². The zero-order valence-electron chi connectivity index (χ0n) is 12.7. The Morgan fingerprint density at radius 3 is 2.95 bits per heavy atom. The quantitative estimate of drug-likeness (QED) is 0.851. The number of carbonyl (C=O) groups is 1. The second-order valence-corrected chi connectivity index (χ2v) is 8.77. The Morgan fingerprint density at radius 1 is 1.57 bits per heavy atom. The zero-order chi connectivity index (χ0) is 15.5. The Morgan fingerprint density at radius 2 is 2.33 bits per heavy atom. The number of ether oxygens (including phenoxy) is 1. The minimum Gasteiger partial charge on any atom is -0.444 e. The van der Waals surface area contributed by atoms with Gasteiger partial charge in [-0.25, -0.2) is 4.79 Å². The summed E-state index contributed by atoms with van der Waals surface area (Å²) >= 11 is 1.53. The molecule has 1 saturated heterocycles. The van der Waals surface area contributed by atoms with E-state index < -0.39 is 16.4 Å². The summed E-state index contributed by atoms with van der Waals surface area (Å²) in [6, 6.07) is 0. The van der Waals surface area contributed by atoms with Crippen molar-refractivity contribution in [1.29, 1.82) is 0 Å². The fraction of sp³-hybridized carbons (Fsp3) is 0.714. The standard InChI is InChI=1S/C14H22N2O3S2/c1-14(2,3)19-13(17)16-5-4-11(7-16)8-21(18)9-12-6-15-10-20-12/h6,10-11H,4-5,7-9H2,1-3H3. The van der Waals surface area contributed by atoms with Gasteiger partial charge >= 0.3 is 6.09 Å². The molecule has 0 aliphatic carbocycles. The van der Waals surface area contributed by atoms with Crippen LogP contribution in [0, 0.1) is 5.92 Å². The average Bonchev–Trinajstić information content (AvgIpc) is 2.98. The Hall–Kier alpha value is -0.950. The second kappa shape index (κ2) is 6.87. The molecule has 5 nitrogen and oxygen atoms in total. The van der Waals surface area contributed by atoms with Crippen molar-refractivity contribution in [3.63, 3.8) is 0 Å². The highest BCUT2D eigenvalue weighted by Gasteiger charge is 2.30. The Labute approximate surface area is 132 Å². The molecule has 118 valence electrons. The van der Waals surface area contributed by atoms with Gasteiger partial charge in [0.15, 0.2) is 0 Å². The lowest BCUT2D eigenvalue weighted by Crippen LogP contribution is -2.35. The van der Waals surface area contributed by atoms with Crippen LogP contribution in [0.15, 0.2) is 11.7 Å². The lowest BCUT2D eigenvalue weighted by molar-refractivity contribution is 0.0289. The van der Waals surface area contributed by atoms with Crippen LogP contribution in [0.1, 0.15) is 32.1 Å². The van der Waals surface area contributed by atoms with Crippen LogP contribution in [0.25, 0.3) is 0 Å². The van der Waals surface area contributed by atoms with Crippen molar-refractivity contribution in [3.8, 4) is 0 Å². The van der Waals surface area contributed by atoms with Crippen molar-refractivity contribution in [1.82, 2.24) is 9.88 Å². The van der Waals surface area contributed by atoms with Gasteiger partial charge in [-0.2, -0.15) is 0 Å². The smallest absolute Gasteiger partial charge is 0.410 e. The van der Waals surface area contributed by atoms with Crippen molar-refractivity contribution < 1.29 is 13.7 Å². The summed E-state index contributed by atoms with van der Waals surface area (Å²) in [6.45, 7) is 6.93. The third-order valence-electron chi connectivity index (χ3n) is 3.15. The second-order valence-electron chi connectivity index (χ2n) is 6.30. The first-order valence-electron chi connectivity index (χ1n) is 7.04. The molecule has 1 aliphatic rings. The predicted molar refractivity (Wildman–Crippen MR) is 84.7 cm³/mol. The summed E-state index contributed by atoms with van der Waals surface area (Å²) < 4.78 is 17.5. The van der Waals surface area contributed by atoms with Crippen molar-refractivity contribution >= 4 is 28.2 Å². The van der Waals surface area contributed by atoms with Gasteiger partial charge in [0.2, 0.25) is 0 Å². The van der Waals surface area contributed by atoms with Crippen LogP contribution in [0.4, 0.5) is 4.79 Å². The van der Waals surface area contributed by atoms with Crippen molar-refractivity contribution in [2.75, 3.05) is 18.8 Å². The minimum atomic E-state index is -0.895. The van der Waals surface area contributed by atoms with E-state index in [4.69, 9.17) is 4.74 Å². The minimum absolute atomic E-state index is 0.266. The van der Waals surface area contributed by atoms with E-state index in [1.807, 2.05) is 20.8 Å². The number of hydrogen-bond acceptors (Lipinski definition) is 5. The number of nitrogens with zero attached hydrogens (tertiary/aromatic N) is 2.